The van der Waals surface area contributed by atoms with E-state index in [0.717, 1.165) is 18.2 Å². The van der Waals surface area contributed by atoms with Crippen LogP contribution in [-0.4, -0.2) is 81.4 Å². The van der Waals surface area contributed by atoms with Crippen LogP contribution in [0.5, 0.6) is 0 Å². The Morgan fingerprint density at radius 2 is 1.61 bits per heavy atom. The molecule has 1 saturated carbocycles. The quantitative estimate of drug-likeness (QED) is 0.0980. The minimum absolute atomic E-state index is 0.121. The van der Waals surface area contributed by atoms with E-state index < -0.39 is 74.3 Å². The van der Waals surface area contributed by atoms with Crippen LogP contribution in [0.3, 0.4) is 0 Å². The summed E-state index contributed by atoms with van der Waals surface area (Å²) in [5.41, 5.74) is -1.12. The number of rotatable bonds is 13. The summed E-state index contributed by atoms with van der Waals surface area (Å²) in [6.45, 7) is 12.6. The van der Waals surface area contributed by atoms with Crippen LogP contribution < -0.4 is 5.32 Å². The Kier molecular flexibility index (Phi) is 11.7. The summed E-state index contributed by atoms with van der Waals surface area (Å²) in [5, 5.41) is 4.48. The standard InChI is InChI=1S/C32H48ClN4O10PS/c1-30(2,3)27(38)41-16-43-48(40,44-17-42-28(39)31(4,5)6)18-49-15-21-22-23(47-32(7,8)46-22)26(45-21)37-14-13-20-24(34-19-11-9-10-12-19)35-29(33)36-25(20)37/h13-14,19,21-23,26H,9-12,15-18H2,1-8H3,(H,34,35,36)/t21-,22-,23-,26-/m1/s1. The number of esters is 2. The smallest absolute Gasteiger partial charge is 0.346 e. The molecule has 274 valence electrons. The van der Waals surface area contributed by atoms with Gasteiger partial charge in [0.1, 0.15) is 23.7 Å². The SMILES string of the molecule is CC1(C)O[C@@H]2[C@H](O1)[C@@H](CSCP(=O)(OCOC(=O)C(C)(C)C)OCOC(=O)C(C)(C)C)O[C@H]2n1ccc2c(NC3CCCC3)nc(Cl)nc21. The van der Waals surface area contributed by atoms with E-state index in [9.17, 15) is 14.2 Å². The average Bonchev–Trinajstić information content (AvgIpc) is 3.77. The number of aromatic nitrogens is 3. The number of hydrogen-bond donors (Lipinski definition) is 1. The Bertz CT molecular complexity index is 1520. The maximum Gasteiger partial charge on any atom is 0.346 e. The fourth-order valence-electron chi connectivity index (χ4n) is 5.75. The van der Waals surface area contributed by atoms with Crippen LogP contribution in [0, 0.1) is 10.8 Å². The zero-order chi connectivity index (χ0) is 35.8. The summed E-state index contributed by atoms with van der Waals surface area (Å²) >= 11 is 7.65. The van der Waals surface area contributed by atoms with Gasteiger partial charge in [-0.3, -0.25) is 23.2 Å². The van der Waals surface area contributed by atoms with Crippen molar-refractivity contribution in [2.75, 3.05) is 30.1 Å². The van der Waals surface area contributed by atoms with Gasteiger partial charge in [-0.1, -0.05) is 12.8 Å². The molecule has 0 aromatic carbocycles. The van der Waals surface area contributed by atoms with Gasteiger partial charge in [0.05, 0.1) is 27.8 Å². The molecule has 0 spiro atoms. The van der Waals surface area contributed by atoms with E-state index in [0.29, 0.717) is 23.3 Å². The summed E-state index contributed by atoms with van der Waals surface area (Å²) in [6, 6.07) is 2.27. The van der Waals surface area contributed by atoms with Crippen molar-refractivity contribution in [2.45, 2.75) is 117 Å². The van der Waals surface area contributed by atoms with Crippen molar-refractivity contribution in [2.24, 2.45) is 10.8 Å². The Hall–Kier alpha value is -1.97. The summed E-state index contributed by atoms with van der Waals surface area (Å²) in [4.78, 5) is 33.6. The Labute approximate surface area is 296 Å². The minimum atomic E-state index is -3.93. The lowest BCUT2D eigenvalue weighted by Gasteiger charge is -2.25. The number of anilines is 1. The highest BCUT2D eigenvalue weighted by molar-refractivity contribution is 8.04. The van der Waals surface area contributed by atoms with Crippen molar-refractivity contribution >= 4 is 59.7 Å². The van der Waals surface area contributed by atoms with Crippen LogP contribution in [-0.2, 0) is 46.9 Å². The van der Waals surface area contributed by atoms with E-state index in [4.69, 9.17) is 44.3 Å². The molecule has 2 aliphatic heterocycles. The zero-order valence-electron chi connectivity index (χ0n) is 29.4. The van der Waals surface area contributed by atoms with E-state index in [1.54, 1.807) is 41.5 Å². The molecule has 2 aromatic heterocycles. The molecular formula is C32H48ClN4O10PS. The molecule has 0 unspecified atom stereocenters. The maximum atomic E-state index is 13.8. The van der Waals surface area contributed by atoms with Crippen LogP contribution in [0.25, 0.3) is 11.0 Å². The number of fused-ring (bicyclic) bond motifs is 2. The van der Waals surface area contributed by atoms with Crippen molar-refractivity contribution in [1.29, 1.82) is 0 Å². The minimum Gasteiger partial charge on any atom is -0.438 e. The zero-order valence-corrected chi connectivity index (χ0v) is 31.8. The largest absolute Gasteiger partial charge is 0.438 e. The van der Waals surface area contributed by atoms with Gasteiger partial charge in [0.25, 0.3) is 0 Å². The second-order valence-electron chi connectivity index (χ2n) is 15.0. The third-order valence-electron chi connectivity index (χ3n) is 8.28. The third kappa shape index (κ3) is 9.48. The first kappa shape index (κ1) is 38.3. The summed E-state index contributed by atoms with van der Waals surface area (Å²) in [7, 11) is -3.93. The van der Waals surface area contributed by atoms with Crippen molar-refractivity contribution in [3.63, 3.8) is 0 Å². The topological polar surface area (TPSA) is 159 Å². The molecular weight excluding hydrogens is 699 g/mol. The molecule has 4 heterocycles. The molecule has 0 amide bonds. The van der Waals surface area contributed by atoms with Crippen molar-refractivity contribution in [3.8, 4) is 0 Å². The maximum absolute atomic E-state index is 13.8. The molecule has 1 N–H and O–H groups in total. The summed E-state index contributed by atoms with van der Waals surface area (Å²) in [5.74, 6) is -0.938. The number of ether oxygens (including phenoxy) is 5. The van der Waals surface area contributed by atoms with Crippen LogP contribution in [0.2, 0.25) is 5.28 Å². The lowest BCUT2D eigenvalue weighted by Crippen LogP contribution is -2.31. The van der Waals surface area contributed by atoms with Gasteiger partial charge in [0.15, 0.2) is 12.0 Å². The van der Waals surface area contributed by atoms with Gasteiger partial charge in [-0.05, 0) is 85.9 Å². The molecule has 3 fully saturated rings. The second-order valence-corrected chi connectivity index (χ2v) is 18.9. The number of nitrogens with zero attached hydrogens (tertiary/aromatic N) is 3. The average molecular weight is 747 g/mol. The Morgan fingerprint density at radius 3 is 2.20 bits per heavy atom. The molecule has 14 nitrogen and oxygen atoms in total. The normalized spacial score (nSPS) is 24.3. The monoisotopic (exact) mass is 746 g/mol. The Morgan fingerprint density at radius 1 is 1.02 bits per heavy atom. The highest BCUT2D eigenvalue weighted by atomic mass is 35.5. The molecule has 2 aromatic rings. The highest BCUT2D eigenvalue weighted by Gasteiger charge is 2.56. The fraction of sp³-hybridized carbons (Fsp3) is 0.750. The van der Waals surface area contributed by atoms with Gasteiger partial charge >= 0.3 is 19.5 Å². The Balaban J connectivity index is 1.28. The molecule has 5 rings (SSSR count). The highest BCUT2D eigenvalue weighted by Crippen LogP contribution is 2.52. The lowest BCUT2D eigenvalue weighted by molar-refractivity contribution is -0.193. The van der Waals surface area contributed by atoms with E-state index in [-0.39, 0.29) is 10.8 Å². The first-order chi connectivity index (χ1) is 22.9. The fourth-order valence-corrected chi connectivity index (χ4v) is 8.83. The first-order valence-corrected chi connectivity index (χ1v) is 19.7. The molecule has 49 heavy (non-hydrogen) atoms. The number of carbonyl (C=O) groups excluding carboxylic acids is 2. The number of carbonyl (C=O) groups is 2. The van der Waals surface area contributed by atoms with Crippen molar-refractivity contribution in [3.05, 3.63) is 17.5 Å². The van der Waals surface area contributed by atoms with Gasteiger partial charge in [-0.2, -0.15) is 4.98 Å². The van der Waals surface area contributed by atoms with Gasteiger partial charge in [0.2, 0.25) is 18.9 Å². The third-order valence-corrected chi connectivity index (χ3v) is 12.0. The van der Waals surface area contributed by atoms with Crippen LogP contribution in [0.4, 0.5) is 5.82 Å². The van der Waals surface area contributed by atoms with E-state index in [1.165, 1.54) is 24.6 Å². The molecule has 2 saturated heterocycles. The van der Waals surface area contributed by atoms with Crippen molar-refractivity contribution in [1.82, 2.24) is 14.5 Å². The van der Waals surface area contributed by atoms with Gasteiger partial charge in [-0.25, -0.2) is 4.98 Å². The molecule has 17 heteroatoms. The number of thioether (sulfide) groups is 1. The van der Waals surface area contributed by atoms with E-state index in [1.807, 2.05) is 30.7 Å². The predicted molar refractivity (Wildman–Crippen MR) is 184 cm³/mol. The van der Waals surface area contributed by atoms with Gasteiger partial charge in [0, 0.05) is 18.0 Å². The van der Waals surface area contributed by atoms with Gasteiger partial charge < -0.3 is 33.6 Å². The number of hydrogen-bond acceptors (Lipinski definition) is 14. The molecule has 0 bridgehead atoms. The lowest BCUT2D eigenvalue weighted by atomic mass is 9.98. The summed E-state index contributed by atoms with van der Waals surface area (Å²) in [6.07, 6.45) is 4.35. The van der Waals surface area contributed by atoms with Crippen LogP contribution in [0.1, 0.15) is 87.3 Å². The first-order valence-electron chi connectivity index (χ1n) is 16.5. The van der Waals surface area contributed by atoms with Crippen LogP contribution >= 0.6 is 31.0 Å². The number of halogens is 1. The van der Waals surface area contributed by atoms with Crippen molar-refractivity contribution < 1.29 is 46.9 Å². The molecule has 0 radical (unpaired) electrons. The number of nitrogens with one attached hydrogen (secondary N) is 1. The molecule has 4 atom stereocenters. The van der Waals surface area contributed by atoms with Gasteiger partial charge in [-0.15, -0.1) is 11.8 Å². The second kappa shape index (κ2) is 14.9. The van der Waals surface area contributed by atoms with E-state index >= 15 is 0 Å². The summed E-state index contributed by atoms with van der Waals surface area (Å²) < 4.78 is 56.2. The van der Waals surface area contributed by atoms with E-state index in [2.05, 4.69) is 15.3 Å². The molecule has 3 aliphatic rings. The van der Waals surface area contributed by atoms with Crippen LogP contribution in [0.15, 0.2) is 12.3 Å². The predicted octanol–water partition coefficient (Wildman–Crippen LogP) is 6.87. The molecule has 1 aliphatic carbocycles.